The Kier molecular flexibility index (Phi) is 7.46. The first-order chi connectivity index (χ1) is 8.74. The molecule has 1 rings (SSSR count). The number of aryl methyl sites for hydroxylation is 1. The van der Waals surface area contributed by atoms with Crippen molar-refractivity contribution in [3.63, 3.8) is 0 Å². The Morgan fingerprint density at radius 2 is 1.83 bits per heavy atom. The Bertz CT molecular complexity index is 311. The first-order valence-electron chi connectivity index (χ1n) is 6.71. The lowest BCUT2D eigenvalue weighted by Gasteiger charge is -2.19. The van der Waals surface area contributed by atoms with Crippen LogP contribution in [0.4, 0.5) is 5.69 Å². The smallest absolute Gasteiger partial charge is 0.0587 e. The van der Waals surface area contributed by atoms with Gasteiger partial charge in [0.15, 0.2) is 0 Å². The highest BCUT2D eigenvalue weighted by Gasteiger charge is 1.99. The average Bonchev–Trinajstić information content (AvgIpc) is 2.38. The summed E-state index contributed by atoms with van der Waals surface area (Å²) >= 11 is 0. The minimum atomic E-state index is 0.795. The van der Waals surface area contributed by atoms with Gasteiger partial charge in [-0.1, -0.05) is 17.7 Å². The maximum Gasteiger partial charge on any atom is 0.0587 e. The quantitative estimate of drug-likeness (QED) is 0.681. The van der Waals surface area contributed by atoms with Crippen LogP contribution in [0.1, 0.15) is 18.4 Å². The van der Waals surface area contributed by atoms with E-state index in [0.717, 1.165) is 26.2 Å². The van der Waals surface area contributed by atoms with Crippen LogP contribution in [0.25, 0.3) is 0 Å². The first kappa shape index (κ1) is 15.0. The van der Waals surface area contributed by atoms with E-state index in [-0.39, 0.29) is 0 Å². The van der Waals surface area contributed by atoms with Crippen LogP contribution < -0.4 is 10.2 Å². The Balaban J connectivity index is 2.10. The normalized spacial score (nSPS) is 10.6. The molecule has 0 bridgehead atoms. The van der Waals surface area contributed by atoms with Crippen LogP contribution in [-0.2, 0) is 4.74 Å². The van der Waals surface area contributed by atoms with E-state index in [0.29, 0.717) is 0 Å². The fourth-order valence-corrected chi connectivity index (χ4v) is 1.83. The third-order valence-corrected chi connectivity index (χ3v) is 3.05. The average molecular weight is 250 g/mol. The van der Waals surface area contributed by atoms with Gasteiger partial charge in [-0.2, -0.15) is 0 Å². The van der Waals surface area contributed by atoms with Gasteiger partial charge in [-0.15, -0.1) is 0 Å². The van der Waals surface area contributed by atoms with Crippen molar-refractivity contribution >= 4 is 5.69 Å². The number of rotatable bonds is 9. The van der Waals surface area contributed by atoms with E-state index >= 15 is 0 Å². The van der Waals surface area contributed by atoms with Gasteiger partial charge in [0.1, 0.15) is 0 Å². The molecule has 1 aromatic rings. The van der Waals surface area contributed by atoms with Crippen molar-refractivity contribution in [2.24, 2.45) is 0 Å². The molecular weight excluding hydrogens is 224 g/mol. The molecular formula is C15H26N2O. The Morgan fingerprint density at radius 3 is 2.50 bits per heavy atom. The summed E-state index contributed by atoms with van der Waals surface area (Å²) in [5.74, 6) is 0. The molecule has 0 aromatic heterocycles. The lowest BCUT2D eigenvalue weighted by molar-refractivity contribution is 0.199. The molecule has 102 valence electrons. The third-order valence-electron chi connectivity index (χ3n) is 3.05. The maximum absolute atomic E-state index is 4.98. The number of hydrogen-bond donors (Lipinski definition) is 1. The highest BCUT2D eigenvalue weighted by Crippen LogP contribution is 2.13. The highest BCUT2D eigenvalue weighted by molar-refractivity contribution is 5.46. The number of hydrogen-bond acceptors (Lipinski definition) is 3. The monoisotopic (exact) mass is 250 g/mol. The van der Waals surface area contributed by atoms with Crippen molar-refractivity contribution in [2.45, 2.75) is 19.8 Å². The van der Waals surface area contributed by atoms with E-state index < -0.39 is 0 Å². The number of nitrogens with one attached hydrogen (secondary N) is 1. The minimum Gasteiger partial charge on any atom is -0.383 e. The standard InChI is InChI=1S/C15H26N2O/c1-14-6-8-15(9-7-14)17(2)12-5-4-10-16-11-13-18-3/h6-9,16H,4-5,10-13H2,1-3H3. The zero-order chi connectivity index (χ0) is 13.2. The van der Waals surface area contributed by atoms with E-state index in [1.807, 2.05) is 0 Å². The summed E-state index contributed by atoms with van der Waals surface area (Å²) in [6.45, 7) is 6.04. The molecule has 0 aliphatic heterocycles. The van der Waals surface area contributed by atoms with Crippen LogP contribution in [0, 0.1) is 6.92 Å². The number of ether oxygens (including phenoxy) is 1. The molecule has 0 spiro atoms. The van der Waals surface area contributed by atoms with E-state index in [9.17, 15) is 0 Å². The van der Waals surface area contributed by atoms with Crippen molar-refractivity contribution in [1.29, 1.82) is 0 Å². The highest BCUT2D eigenvalue weighted by atomic mass is 16.5. The summed E-state index contributed by atoms with van der Waals surface area (Å²) in [5.41, 5.74) is 2.61. The molecule has 0 amide bonds. The Labute approximate surface area is 111 Å². The Hall–Kier alpha value is -1.06. The van der Waals surface area contributed by atoms with Gasteiger partial charge >= 0.3 is 0 Å². The zero-order valence-electron chi connectivity index (χ0n) is 11.9. The molecule has 0 aliphatic carbocycles. The maximum atomic E-state index is 4.98. The van der Waals surface area contributed by atoms with E-state index in [1.165, 1.54) is 24.1 Å². The molecule has 0 saturated heterocycles. The predicted octanol–water partition coefficient (Wildman–Crippen LogP) is 2.45. The van der Waals surface area contributed by atoms with Gasteiger partial charge in [-0.25, -0.2) is 0 Å². The molecule has 0 saturated carbocycles. The minimum absolute atomic E-state index is 0.795. The van der Waals surface area contributed by atoms with Crippen LogP contribution in [0.5, 0.6) is 0 Å². The molecule has 0 heterocycles. The van der Waals surface area contributed by atoms with Gasteiger partial charge in [0, 0.05) is 32.9 Å². The number of methoxy groups -OCH3 is 1. The van der Waals surface area contributed by atoms with Gasteiger partial charge < -0.3 is 15.0 Å². The molecule has 1 aromatic carbocycles. The van der Waals surface area contributed by atoms with Gasteiger partial charge in [0.05, 0.1) is 6.61 Å². The number of unbranched alkanes of at least 4 members (excludes halogenated alkanes) is 1. The second-order valence-corrected chi connectivity index (χ2v) is 4.71. The van der Waals surface area contributed by atoms with Gasteiger partial charge in [0.2, 0.25) is 0 Å². The first-order valence-corrected chi connectivity index (χ1v) is 6.71. The van der Waals surface area contributed by atoms with Crippen LogP contribution in [0.15, 0.2) is 24.3 Å². The molecule has 0 radical (unpaired) electrons. The summed E-state index contributed by atoms with van der Waals surface area (Å²) in [7, 11) is 3.89. The lowest BCUT2D eigenvalue weighted by Crippen LogP contribution is -2.23. The molecule has 0 fully saturated rings. The van der Waals surface area contributed by atoms with Crippen LogP contribution in [0.3, 0.4) is 0 Å². The van der Waals surface area contributed by atoms with Crippen molar-refractivity contribution in [1.82, 2.24) is 5.32 Å². The van der Waals surface area contributed by atoms with Gasteiger partial charge in [0.25, 0.3) is 0 Å². The fourth-order valence-electron chi connectivity index (χ4n) is 1.83. The second-order valence-electron chi connectivity index (χ2n) is 4.71. The van der Waals surface area contributed by atoms with E-state index in [4.69, 9.17) is 4.74 Å². The van der Waals surface area contributed by atoms with Gasteiger partial charge in [-0.3, -0.25) is 0 Å². The Morgan fingerprint density at radius 1 is 1.11 bits per heavy atom. The van der Waals surface area contributed by atoms with Crippen molar-refractivity contribution in [3.05, 3.63) is 29.8 Å². The van der Waals surface area contributed by atoms with Crippen molar-refractivity contribution < 1.29 is 4.74 Å². The molecule has 18 heavy (non-hydrogen) atoms. The summed E-state index contributed by atoms with van der Waals surface area (Å²) in [4.78, 5) is 2.31. The predicted molar refractivity (Wildman–Crippen MR) is 78.4 cm³/mol. The molecule has 0 unspecified atom stereocenters. The molecule has 3 nitrogen and oxygen atoms in total. The summed E-state index contributed by atoms with van der Waals surface area (Å²) < 4.78 is 4.98. The second kappa shape index (κ2) is 8.95. The summed E-state index contributed by atoms with van der Waals surface area (Å²) in [6, 6.07) is 8.70. The molecule has 3 heteroatoms. The van der Waals surface area contributed by atoms with Crippen LogP contribution >= 0.6 is 0 Å². The van der Waals surface area contributed by atoms with Crippen molar-refractivity contribution in [2.75, 3.05) is 45.3 Å². The fraction of sp³-hybridized carbons (Fsp3) is 0.600. The largest absolute Gasteiger partial charge is 0.383 e. The number of benzene rings is 1. The molecule has 0 aliphatic rings. The summed E-state index contributed by atoms with van der Waals surface area (Å²) in [6.07, 6.45) is 2.42. The van der Waals surface area contributed by atoms with Gasteiger partial charge in [-0.05, 0) is 38.4 Å². The van der Waals surface area contributed by atoms with Crippen molar-refractivity contribution in [3.8, 4) is 0 Å². The zero-order valence-corrected chi connectivity index (χ0v) is 11.9. The SMILES string of the molecule is COCCNCCCCN(C)c1ccc(C)cc1. The number of nitrogens with zero attached hydrogens (tertiary/aromatic N) is 1. The molecule has 1 N–H and O–H groups in total. The topological polar surface area (TPSA) is 24.5 Å². The van der Waals surface area contributed by atoms with Crippen LogP contribution in [0.2, 0.25) is 0 Å². The number of anilines is 1. The van der Waals surface area contributed by atoms with E-state index in [2.05, 4.69) is 48.5 Å². The molecule has 0 atom stereocenters. The third kappa shape index (κ3) is 6.03. The lowest BCUT2D eigenvalue weighted by atomic mass is 10.2. The van der Waals surface area contributed by atoms with E-state index in [1.54, 1.807) is 7.11 Å². The van der Waals surface area contributed by atoms with Crippen LogP contribution in [-0.4, -0.2) is 40.4 Å². The summed E-state index contributed by atoms with van der Waals surface area (Å²) in [5, 5.41) is 3.36.